The molecule has 1 unspecified atom stereocenters. The topological polar surface area (TPSA) is 80.0 Å². The van der Waals surface area contributed by atoms with Crippen LogP contribution in [0, 0.1) is 0 Å². The molecule has 0 radical (unpaired) electrons. The van der Waals surface area contributed by atoms with Gasteiger partial charge < -0.3 is 9.73 Å². The molecule has 2 fully saturated rings. The summed E-state index contributed by atoms with van der Waals surface area (Å²) in [4.78, 5) is 31.3. The number of hydrogen-bond acceptors (Lipinski definition) is 4. The van der Waals surface area contributed by atoms with E-state index in [0.29, 0.717) is 17.6 Å². The fourth-order valence-electron chi connectivity index (χ4n) is 4.48. The Morgan fingerprint density at radius 3 is 2.48 bits per heavy atom. The highest BCUT2D eigenvalue weighted by molar-refractivity contribution is 6.21. The Kier molecular flexibility index (Phi) is 4.64. The number of nitrogens with zero attached hydrogens (tertiary/aromatic N) is 2. The van der Waals surface area contributed by atoms with Crippen molar-refractivity contribution in [1.29, 1.82) is 0 Å². The number of benzene rings is 2. The second kappa shape index (κ2) is 7.44. The molecule has 6 nitrogen and oxygen atoms in total. The summed E-state index contributed by atoms with van der Waals surface area (Å²) in [6.45, 7) is 0. The van der Waals surface area contributed by atoms with Crippen LogP contribution in [0.4, 0.5) is 5.69 Å². The molecule has 148 valence electrons. The zero-order valence-electron chi connectivity index (χ0n) is 16.2. The van der Waals surface area contributed by atoms with Crippen molar-refractivity contribution >= 4 is 28.6 Å². The number of rotatable bonds is 4. The molecule has 1 saturated heterocycles. The molecule has 2 amide bonds. The SMILES string of the molecule is O=C1CC([NH2+]C2CCCCC2)C(=O)N1c1ccc(-c2nc3ccccc3o2)cc1. The van der Waals surface area contributed by atoms with Gasteiger partial charge in [-0.3, -0.25) is 9.59 Å². The zero-order valence-corrected chi connectivity index (χ0v) is 16.2. The van der Waals surface area contributed by atoms with E-state index < -0.39 is 0 Å². The van der Waals surface area contributed by atoms with Gasteiger partial charge in [0.15, 0.2) is 11.6 Å². The molecule has 6 heteroatoms. The fourth-order valence-corrected chi connectivity index (χ4v) is 4.48. The maximum absolute atomic E-state index is 12.9. The number of carbonyl (C=O) groups is 2. The minimum atomic E-state index is -0.290. The lowest BCUT2D eigenvalue weighted by Crippen LogP contribution is -2.96. The molecular formula is C23H24N3O3+. The predicted molar refractivity (Wildman–Crippen MR) is 109 cm³/mol. The van der Waals surface area contributed by atoms with E-state index in [0.717, 1.165) is 29.5 Å². The van der Waals surface area contributed by atoms with Crippen LogP contribution in [0.25, 0.3) is 22.6 Å². The van der Waals surface area contributed by atoms with Crippen molar-refractivity contribution in [2.75, 3.05) is 4.90 Å². The molecule has 2 N–H and O–H groups in total. The van der Waals surface area contributed by atoms with Crippen molar-refractivity contribution in [3.63, 3.8) is 0 Å². The largest absolute Gasteiger partial charge is 0.436 e. The monoisotopic (exact) mass is 390 g/mol. The number of fused-ring (bicyclic) bond motifs is 1. The number of oxazole rings is 1. The Bertz CT molecular complexity index is 1020. The number of aromatic nitrogens is 1. The lowest BCUT2D eigenvalue weighted by molar-refractivity contribution is -0.710. The van der Waals surface area contributed by atoms with Gasteiger partial charge in [-0.2, -0.15) is 0 Å². The summed E-state index contributed by atoms with van der Waals surface area (Å²) in [6, 6.07) is 15.1. The van der Waals surface area contributed by atoms with Crippen LogP contribution in [-0.2, 0) is 9.59 Å². The van der Waals surface area contributed by atoms with Crippen molar-refractivity contribution in [3.8, 4) is 11.5 Å². The van der Waals surface area contributed by atoms with Crippen LogP contribution >= 0.6 is 0 Å². The number of nitrogens with two attached hydrogens (primary N) is 1. The third-order valence-electron chi connectivity index (χ3n) is 6.00. The predicted octanol–water partition coefficient (Wildman–Crippen LogP) is 3.02. The van der Waals surface area contributed by atoms with Gasteiger partial charge in [-0.15, -0.1) is 0 Å². The number of quaternary nitrogens is 1. The molecule has 1 aliphatic carbocycles. The number of carbonyl (C=O) groups excluding carboxylic acids is 2. The number of para-hydroxylation sites is 2. The number of imide groups is 1. The Morgan fingerprint density at radius 2 is 1.72 bits per heavy atom. The van der Waals surface area contributed by atoms with Crippen molar-refractivity contribution in [2.24, 2.45) is 0 Å². The van der Waals surface area contributed by atoms with Gasteiger partial charge in [-0.05, 0) is 62.1 Å². The van der Waals surface area contributed by atoms with E-state index in [2.05, 4.69) is 10.3 Å². The van der Waals surface area contributed by atoms with Crippen molar-refractivity contribution in [1.82, 2.24) is 4.98 Å². The molecule has 2 aliphatic rings. The third kappa shape index (κ3) is 3.44. The van der Waals surface area contributed by atoms with Gasteiger partial charge in [0, 0.05) is 5.56 Å². The Labute approximate surface area is 168 Å². The molecule has 1 aliphatic heterocycles. The van der Waals surface area contributed by atoms with E-state index in [1.165, 1.54) is 24.2 Å². The first-order valence-electron chi connectivity index (χ1n) is 10.4. The normalized spacial score (nSPS) is 20.7. The number of amides is 2. The Morgan fingerprint density at radius 1 is 0.966 bits per heavy atom. The van der Waals surface area contributed by atoms with E-state index in [-0.39, 0.29) is 24.3 Å². The van der Waals surface area contributed by atoms with Gasteiger partial charge in [0.25, 0.3) is 5.91 Å². The van der Waals surface area contributed by atoms with Gasteiger partial charge in [-0.25, -0.2) is 9.88 Å². The summed E-state index contributed by atoms with van der Waals surface area (Å²) in [6.07, 6.45) is 6.27. The number of hydrogen-bond donors (Lipinski definition) is 1. The van der Waals surface area contributed by atoms with Crippen LogP contribution in [0.3, 0.4) is 0 Å². The van der Waals surface area contributed by atoms with Gasteiger partial charge >= 0.3 is 0 Å². The van der Waals surface area contributed by atoms with Crippen LogP contribution in [0.2, 0.25) is 0 Å². The third-order valence-corrected chi connectivity index (χ3v) is 6.00. The number of anilines is 1. The fraction of sp³-hybridized carbons (Fsp3) is 0.348. The molecule has 0 bridgehead atoms. The van der Waals surface area contributed by atoms with Gasteiger partial charge in [0.1, 0.15) is 5.52 Å². The van der Waals surface area contributed by atoms with Crippen LogP contribution in [-0.4, -0.2) is 28.9 Å². The van der Waals surface area contributed by atoms with Crippen LogP contribution < -0.4 is 10.2 Å². The molecule has 3 aromatic rings. The summed E-state index contributed by atoms with van der Waals surface area (Å²) in [5.74, 6) is 0.303. The molecule has 5 rings (SSSR count). The zero-order chi connectivity index (χ0) is 19.8. The highest BCUT2D eigenvalue weighted by Gasteiger charge is 2.43. The molecule has 2 heterocycles. The molecule has 1 aromatic heterocycles. The van der Waals surface area contributed by atoms with E-state index in [1.807, 2.05) is 36.4 Å². The molecule has 1 atom stereocenters. The van der Waals surface area contributed by atoms with Crippen molar-refractivity contribution in [3.05, 3.63) is 48.5 Å². The van der Waals surface area contributed by atoms with E-state index >= 15 is 0 Å². The summed E-state index contributed by atoms with van der Waals surface area (Å²) in [7, 11) is 0. The first-order valence-corrected chi connectivity index (χ1v) is 10.4. The maximum atomic E-state index is 12.9. The Hall–Kier alpha value is -2.99. The molecule has 0 spiro atoms. The minimum absolute atomic E-state index is 0.102. The summed E-state index contributed by atoms with van der Waals surface area (Å²) in [5.41, 5.74) is 2.96. The second-order valence-corrected chi connectivity index (χ2v) is 8.00. The smallest absolute Gasteiger partial charge is 0.292 e. The van der Waals surface area contributed by atoms with Crippen LogP contribution in [0.1, 0.15) is 38.5 Å². The van der Waals surface area contributed by atoms with E-state index in [1.54, 1.807) is 12.1 Å². The highest BCUT2D eigenvalue weighted by atomic mass is 16.3. The summed E-state index contributed by atoms with van der Waals surface area (Å²) in [5, 5.41) is 2.13. The van der Waals surface area contributed by atoms with Gasteiger partial charge in [-0.1, -0.05) is 18.6 Å². The first kappa shape index (κ1) is 18.1. The van der Waals surface area contributed by atoms with Gasteiger partial charge in [0.05, 0.1) is 18.2 Å². The quantitative estimate of drug-likeness (QED) is 0.695. The molecule has 1 saturated carbocycles. The van der Waals surface area contributed by atoms with Crippen LogP contribution in [0.5, 0.6) is 0 Å². The molecule has 2 aromatic carbocycles. The standard InChI is InChI=1S/C23H23N3O3/c27-21-14-19(24-16-6-2-1-3-7-16)23(28)26(21)17-12-10-15(11-13-17)22-25-18-8-4-5-9-20(18)29-22/h4-5,8-13,16,19,24H,1-3,6-7,14H2/p+1. The van der Waals surface area contributed by atoms with Crippen molar-refractivity contribution in [2.45, 2.75) is 50.6 Å². The molecular weight excluding hydrogens is 366 g/mol. The lowest BCUT2D eigenvalue weighted by Gasteiger charge is -2.22. The van der Waals surface area contributed by atoms with E-state index in [9.17, 15) is 9.59 Å². The molecule has 29 heavy (non-hydrogen) atoms. The average molecular weight is 390 g/mol. The Balaban J connectivity index is 1.33. The second-order valence-electron chi connectivity index (χ2n) is 8.00. The van der Waals surface area contributed by atoms with Gasteiger partial charge in [0.2, 0.25) is 11.8 Å². The average Bonchev–Trinajstić information content (AvgIpc) is 3.30. The summed E-state index contributed by atoms with van der Waals surface area (Å²) < 4.78 is 5.80. The summed E-state index contributed by atoms with van der Waals surface area (Å²) >= 11 is 0. The van der Waals surface area contributed by atoms with Crippen molar-refractivity contribution < 1.29 is 19.3 Å². The maximum Gasteiger partial charge on any atom is 0.292 e. The lowest BCUT2D eigenvalue weighted by atomic mass is 9.95. The minimum Gasteiger partial charge on any atom is -0.436 e. The first-order chi connectivity index (χ1) is 14.2. The van der Waals surface area contributed by atoms with Crippen LogP contribution in [0.15, 0.2) is 52.9 Å². The van der Waals surface area contributed by atoms with E-state index in [4.69, 9.17) is 4.42 Å². The highest BCUT2D eigenvalue weighted by Crippen LogP contribution is 2.28.